The zero-order chi connectivity index (χ0) is 21.1. The van der Waals surface area contributed by atoms with Gasteiger partial charge in [0.2, 0.25) is 0 Å². The molecule has 1 N–H and O–H groups in total. The molecule has 0 aliphatic carbocycles. The second kappa shape index (κ2) is 8.36. The summed E-state index contributed by atoms with van der Waals surface area (Å²) < 4.78 is 8.35. The van der Waals surface area contributed by atoms with Crippen molar-refractivity contribution >= 4 is 27.8 Å². The summed E-state index contributed by atoms with van der Waals surface area (Å²) in [6, 6.07) is 14.3. The number of ether oxygens (including phenoxy) is 1. The number of aromatic amines is 1. The first kappa shape index (κ1) is 19.6. The van der Waals surface area contributed by atoms with Gasteiger partial charge in [0.05, 0.1) is 23.0 Å². The number of benzene rings is 2. The first-order chi connectivity index (χ1) is 14.6. The molecule has 2 aromatic carbocycles. The lowest BCUT2D eigenvalue weighted by Gasteiger charge is -2.10. The number of hydrogen-bond acceptors (Lipinski definition) is 5. The van der Waals surface area contributed by atoms with Gasteiger partial charge in [-0.05, 0) is 31.0 Å². The van der Waals surface area contributed by atoms with E-state index in [4.69, 9.17) is 4.74 Å². The molecule has 2 aromatic heterocycles. The summed E-state index contributed by atoms with van der Waals surface area (Å²) in [5, 5.41) is 5.17. The van der Waals surface area contributed by atoms with E-state index in [0.717, 1.165) is 17.5 Å². The minimum atomic E-state index is -0.581. The Morgan fingerprint density at radius 2 is 1.77 bits per heavy atom. The van der Waals surface area contributed by atoms with E-state index in [1.165, 1.54) is 4.68 Å². The van der Waals surface area contributed by atoms with Gasteiger partial charge in [0, 0.05) is 18.5 Å². The first-order valence-corrected chi connectivity index (χ1v) is 9.94. The molecular weight excluding hydrogens is 384 g/mol. The average Bonchev–Trinajstić information content (AvgIpc) is 3.08. The molecule has 0 saturated carbocycles. The van der Waals surface area contributed by atoms with Gasteiger partial charge in [-0.3, -0.25) is 9.36 Å². The number of rotatable bonds is 7. The van der Waals surface area contributed by atoms with Crippen LogP contribution in [0.3, 0.4) is 0 Å². The molecule has 0 saturated heterocycles. The molecule has 8 heteroatoms. The van der Waals surface area contributed by atoms with Crippen molar-refractivity contribution in [2.45, 2.75) is 32.9 Å². The van der Waals surface area contributed by atoms with Crippen LogP contribution in [0.1, 0.15) is 30.3 Å². The molecule has 154 valence electrons. The van der Waals surface area contributed by atoms with Gasteiger partial charge in [0.15, 0.2) is 5.69 Å². The zero-order valence-electron chi connectivity index (χ0n) is 16.6. The molecule has 0 spiro atoms. The number of nitrogens with zero attached hydrogens (tertiary/aromatic N) is 3. The van der Waals surface area contributed by atoms with Crippen LogP contribution in [-0.4, -0.2) is 31.9 Å². The van der Waals surface area contributed by atoms with Gasteiger partial charge >= 0.3 is 11.7 Å². The molecule has 0 bridgehead atoms. The van der Waals surface area contributed by atoms with Crippen LogP contribution in [0.4, 0.5) is 0 Å². The summed E-state index contributed by atoms with van der Waals surface area (Å²) in [5.41, 5.74) is 1.30. The topological polar surface area (TPSA) is 99.0 Å². The Balaban J connectivity index is 1.50. The van der Waals surface area contributed by atoms with Crippen LogP contribution in [0.15, 0.2) is 58.1 Å². The van der Waals surface area contributed by atoms with Crippen molar-refractivity contribution in [1.29, 1.82) is 0 Å². The van der Waals surface area contributed by atoms with Gasteiger partial charge < -0.3 is 9.72 Å². The van der Waals surface area contributed by atoms with Gasteiger partial charge in [-0.2, -0.15) is 5.10 Å². The fourth-order valence-electron chi connectivity index (χ4n) is 3.53. The Bertz CT molecular complexity index is 1330. The van der Waals surface area contributed by atoms with Crippen molar-refractivity contribution in [3.05, 3.63) is 75.1 Å². The van der Waals surface area contributed by atoms with Gasteiger partial charge in [-0.1, -0.05) is 37.3 Å². The molecular formula is C22H22N4O4. The van der Waals surface area contributed by atoms with E-state index in [1.54, 1.807) is 28.8 Å². The number of hydrogen-bond donors (Lipinski definition) is 1. The summed E-state index contributed by atoms with van der Waals surface area (Å²) in [6.07, 6.45) is 1.19. The molecule has 0 unspecified atom stereocenters. The third kappa shape index (κ3) is 3.63. The summed E-state index contributed by atoms with van der Waals surface area (Å²) in [7, 11) is 0. The minimum Gasteiger partial charge on any atom is -0.461 e. The lowest BCUT2D eigenvalue weighted by molar-refractivity contribution is 0.0488. The van der Waals surface area contributed by atoms with Crippen molar-refractivity contribution in [2.24, 2.45) is 0 Å². The summed E-state index contributed by atoms with van der Waals surface area (Å²) in [6.45, 7) is 2.91. The highest BCUT2D eigenvalue weighted by atomic mass is 16.5. The van der Waals surface area contributed by atoms with E-state index in [2.05, 4.69) is 10.1 Å². The van der Waals surface area contributed by atoms with Crippen molar-refractivity contribution in [2.75, 3.05) is 6.61 Å². The number of carbonyl (C=O) groups is 1. The highest BCUT2D eigenvalue weighted by Gasteiger charge is 2.17. The normalized spacial score (nSPS) is 11.2. The van der Waals surface area contributed by atoms with Gasteiger partial charge in [-0.15, -0.1) is 0 Å². The maximum atomic E-state index is 12.7. The van der Waals surface area contributed by atoms with E-state index < -0.39 is 5.97 Å². The smallest absolute Gasteiger partial charge is 0.359 e. The molecule has 30 heavy (non-hydrogen) atoms. The molecule has 0 radical (unpaired) electrons. The molecule has 8 nitrogen and oxygen atoms in total. The molecule has 0 amide bonds. The van der Waals surface area contributed by atoms with Gasteiger partial charge in [-0.25, -0.2) is 14.3 Å². The van der Waals surface area contributed by atoms with E-state index in [-0.39, 0.29) is 23.5 Å². The highest BCUT2D eigenvalue weighted by molar-refractivity contribution is 6.02. The predicted octanol–water partition coefficient (Wildman–Crippen LogP) is 2.70. The van der Waals surface area contributed by atoms with Crippen LogP contribution in [-0.2, 0) is 17.8 Å². The van der Waals surface area contributed by atoms with Crippen LogP contribution < -0.4 is 11.2 Å². The fourth-order valence-corrected chi connectivity index (χ4v) is 3.53. The molecule has 0 atom stereocenters. The number of imidazole rings is 1. The Hall–Kier alpha value is -3.68. The van der Waals surface area contributed by atoms with Crippen LogP contribution in [0.5, 0.6) is 0 Å². The average molecular weight is 406 g/mol. The number of H-pyrrole nitrogens is 1. The maximum Gasteiger partial charge on any atom is 0.359 e. The number of aromatic nitrogens is 4. The van der Waals surface area contributed by atoms with Crippen LogP contribution >= 0.6 is 0 Å². The van der Waals surface area contributed by atoms with Crippen LogP contribution in [0.2, 0.25) is 0 Å². The second-order valence-corrected chi connectivity index (χ2v) is 7.01. The molecule has 0 aliphatic heterocycles. The number of para-hydroxylation sites is 2. The SMILES string of the molecule is CCCn1nc(C(=O)OCCCn2c(=O)[nH]c3ccccc32)c2ccccc2c1=O. The molecule has 4 rings (SSSR count). The van der Waals surface area contributed by atoms with Crippen molar-refractivity contribution in [3.8, 4) is 0 Å². The summed E-state index contributed by atoms with van der Waals surface area (Å²) in [4.78, 5) is 40.2. The fraction of sp³-hybridized carbons (Fsp3) is 0.273. The van der Waals surface area contributed by atoms with E-state index in [9.17, 15) is 14.4 Å². The monoisotopic (exact) mass is 406 g/mol. The number of esters is 1. The van der Waals surface area contributed by atoms with Gasteiger partial charge in [0.25, 0.3) is 5.56 Å². The van der Waals surface area contributed by atoms with E-state index in [0.29, 0.717) is 30.3 Å². The molecule has 2 heterocycles. The zero-order valence-corrected chi connectivity index (χ0v) is 16.6. The molecule has 4 aromatic rings. The van der Waals surface area contributed by atoms with Crippen LogP contribution in [0, 0.1) is 0 Å². The standard InChI is InChI=1S/C22H22N4O4/c1-2-12-26-20(27)16-9-4-3-8-15(16)19(24-26)21(28)30-14-7-13-25-18-11-6-5-10-17(18)23-22(25)29/h3-6,8-11H,2,7,12-14H2,1H3,(H,23,29). The van der Waals surface area contributed by atoms with Crippen molar-refractivity contribution < 1.29 is 9.53 Å². The number of carbonyl (C=O) groups excluding carboxylic acids is 1. The van der Waals surface area contributed by atoms with E-state index >= 15 is 0 Å². The van der Waals surface area contributed by atoms with Crippen LogP contribution in [0.25, 0.3) is 21.8 Å². The van der Waals surface area contributed by atoms with Crippen molar-refractivity contribution in [1.82, 2.24) is 19.3 Å². The number of fused-ring (bicyclic) bond motifs is 2. The second-order valence-electron chi connectivity index (χ2n) is 7.01. The summed E-state index contributed by atoms with van der Waals surface area (Å²) >= 11 is 0. The third-order valence-corrected chi connectivity index (χ3v) is 4.94. The number of nitrogens with one attached hydrogen (secondary N) is 1. The predicted molar refractivity (Wildman–Crippen MR) is 114 cm³/mol. The largest absolute Gasteiger partial charge is 0.461 e. The van der Waals surface area contributed by atoms with E-state index in [1.807, 2.05) is 31.2 Å². The third-order valence-electron chi connectivity index (χ3n) is 4.94. The lowest BCUT2D eigenvalue weighted by Crippen LogP contribution is -2.26. The Kier molecular flexibility index (Phi) is 5.47. The first-order valence-electron chi connectivity index (χ1n) is 9.94. The molecule has 0 fully saturated rings. The Morgan fingerprint density at radius 3 is 2.57 bits per heavy atom. The van der Waals surface area contributed by atoms with Crippen molar-refractivity contribution in [3.63, 3.8) is 0 Å². The quantitative estimate of drug-likeness (QED) is 0.376. The number of aryl methyl sites for hydroxylation is 2. The Morgan fingerprint density at radius 1 is 1.03 bits per heavy atom. The highest BCUT2D eigenvalue weighted by Crippen LogP contribution is 2.15. The minimum absolute atomic E-state index is 0.128. The van der Waals surface area contributed by atoms with Gasteiger partial charge in [0.1, 0.15) is 0 Å². The maximum absolute atomic E-state index is 12.7. The lowest BCUT2D eigenvalue weighted by atomic mass is 10.1. The summed E-state index contributed by atoms with van der Waals surface area (Å²) in [5.74, 6) is -0.581. The Labute approximate surface area is 171 Å². The molecule has 0 aliphatic rings.